The van der Waals surface area contributed by atoms with Crippen molar-refractivity contribution in [3.05, 3.63) is 22.2 Å². The monoisotopic (exact) mass is 278 g/mol. The van der Waals surface area contributed by atoms with Gasteiger partial charge in [0.25, 0.3) is 5.69 Å². The van der Waals surface area contributed by atoms with Crippen molar-refractivity contribution in [3.8, 4) is 0 Å². The van der Waals surface area contributed by atoms with E-state index in [0.29, 0.717) is 30.1 Å². The number of hydrogen-bond donors (Lipinski definition) is 2. The van der Waals surface area contributed by atoms with Crippen LogP contribution >= 0.6 is 0 Å². The van der Waals surface area contributed by atoms with Crippen LogP contribution in [-0.4, -0.2) is 22.5 Å². The summed E-state index contributed by atoms with van der Waals surface area (Å²) in [4.78, 5) is 15.0. The summed E-state index contributed by atoms with van der Waals surface area (Å²) < 4.78 is 0. The highest BCUT2D eigenvalue weighted by Gasteiger charge is 2.22. The second kappa shape index (κ2) is 6.54. The second-order valence-corrected chi connectivity index (χ2v) is 5.40. The van der Waals surface area contributed by atoms with Crippen LogP contribution in [0.2, 0.25) is 0 Å². The van der Waals surface area contributed by atoms with Crippen molar-refractivity contribution in [1.82, 2.24) is 4.98 Å². The van der Waals surface area contributed by atoms with E-state index in [9.17, 15) is 10.1 Å². The van der Waals surface area contributed by atoms with Crippen LogP contribution < -0.4 is 10.6 Å². The lowest BCUT2D eigenvalue weighted by Gasteiger charge is -2.29. The molecule has 1 heterocycles. The van der Waals surface area contributed by atoms with Gasteiger partial charge < -0.3 is 10.6 Å². The molecule has 1 fully saturated rings. The topological polar surface area (TPSA) is 80.1 Å². The summed E-state index contributed by atoms with van der Waals surface area (Å²) in [6, 6.07) is 3.34. The van der Waals surface area contributed by atoms with Crippen molar-refractivity contribution in [3.63, 3.8) is 0 Å². The Bertz CT molecular complexity index is 478. The highest BCUT2D eigenvalue weighted by molar-refractivity contribution is 5.55. The molecular weight excluding hydrogens is 256 g/mol. The summed E-state index contributed by atoms with van der Waals surface area (Å²) in [6.07, 6.45) is 4.77. The van der Waals surface area contributed by atoms with Crippen LogP contribution in [0, 0.1) is 16.0 Å². The number of rotatable bonds is 5. The second-order valence-electron chi connectivity index (χ2n) is 5.40. The SMILES string of the molecule is CCNc1cc([N+](=O)[O-])cc(NC2CCCCC2C)n1. The third-order valence-electron chi connectivity index (χ3n) is 3.82. The molecule has 0 aliphatic heterocycles. The zero-order chi connectivity index (χ0) is 14.5. The number of anilines is 2. The largest absolute Gasteiger partial charge is 0.370 e. The molecule has 1 aliphatic rings. The van der Waals surface area contributed by atoms with Gasteiger partial charge >= 0.3 is 0 Å². The number of pyridine rings is 1. The number of nitrogens with zero attached hydrogens (tertiary/aromatic N) is 2. The van der Waals surface area contributed by atoms with Gasteiger partial charge in [0.05, 0.1) is 17.1 Å². The summed E-state index contributed by atoms with van der Waals surface area (Å²) in [5.74, 6) is 1.72. The lowest BCUT2D eigenvalue weighted by molar-refractivity contribution is -0.384. The summed E-state index contributed by atoms with van der Waals surface area (Å²) in [5.41, 5.74) is 0.0712. The first-order valence-corrected chi connectivity index (χ1v) is 7.27. The van der Waals surface area contributed by atoms with Crippen molar-refractivity contribution in [1.29, 1.82) is 0 Å². The predicted molar refractivity (Wildman–Crippen MR) is 80.1 cm³/mol. The van der Waals surface area contributed by atoms with Gasteiger partial charge in [0.2, 0.25) is 0 Å². The van der Waals surface area contributed by atoms with E-state index in [1.165, 1.54) is 31.4 Å². The van der Waals surface area contributed by atoms with Crippen LogP contribution in [0.25, 0.3) is 0 Å². The minimum absolute atomic E-state index is 0.0712. The van der Waals surface area contributed by atoms with Crippen LogP contribution in [0.15, 0.2) is 12.1 Å². The first-order valence-electron chi connectivity index (χ1n) is 7.27. The van der Waals surface area contributed by atoms with Crippen LogP contribution in [0.4, 0.5) is 17.3 Å². The summed E-state index contributed by atoms with van der Waals surface area (Å²) >= 11 is 0. The van der Waals surface area contributed by atoms with E-state index in [2.05, 4.69) is 22.5 Å². The molecule has 2 N–H and O–H groups in total. The highest BCUT2D eigenvalue weighted by atomic mass is 16.6. The molecule has 0 aromatic carbocycles. The molecular formula is C14H22N4O2. The van der Waals surface area contributed by atoms with E-state index in [0.717, 1.165) is 6.42 Å². The standard InChI is InChI=1S/C14H22N4O2/c1-3-15-13-8-11(18(19)20)9-14(17-13)16-12-7-5-4-6-10(12)2/h8-10,12H,3-7H2,1-2H3,(H2,15,16,17). The Hall–Kier alpha value is -1.85. The van der Waals surface area contributed by atoms with Gasteiger partial charge in [-0.15, -0.1) is 0 Å². The average molecular weight is 278 g/mol. The maximum Gasteiger partial charge on any atom is 0.276 e. The smallest absolute Gasteiger partial charge is 0.276 e. The van der Waals surface area contributed by atoms with E-state index in [1.54, 1.807) is 0 Å². The Morgan fingerprint density at radius 2 is 2.05 bits per heavy atom. The average Bonchev–Trinajstić information content (AvgIpc) is 2.41. The van der Waals surface area contributed by atoms with Gasteiger partial charge in [0, 0.05) is 12.6 Å². The van der Waals surface area contributed by atoms with Crippen molar-refractivity contribution in [2.75, 3.05) is 17.2 Å². The van der Waals surface area contributed by atoms with E-state index in [4.69, 9.17) is 0 Å². The van der Waals surface area contributed by atoms with Crippen LogP contribution in [-0.2, 0) is 0 Å². The molecule has 2 atom stereocenters. The minimum atomic E-state index is -0.377. The fraction of sp³-hybridized carbons (Fsp3) is 0.643. The van der Waals surface area contributed by atoms with Crippen LogP contribution in [0.5, 0.6) is 0 Å². The Morgan fingerprint density at radius 1 is 1.35 bits per heavy atom. The summed E-state index contributed by atoms with van der Waals surface area (Å²) in [5, 5.41) is 17.4. The van der Waals surface area contributed by atoms with Crippen molar-refractivity contribution in [2.45, 2.75) is 45.6 Å². The molecule has 0 spiro atoms. The number of hydrogen-bond acceptors (Lipinski definition) is 5. The van der Waals surface area contributed by atoms with Gasteiger partial charge in [-0.1, -0.05) is 19.8 Å². The quantitative estimate of drug-likeness (QED) is 0.637. The van der Waals surface area contributed by atoms with Gasteiger partial charge in [-0.3, -0.25) is 10.1 Å². The zero-order valence-electron chi connectivity index (χ0n) is 12.1. The molecule has 20 heavy (non-hydrogen) atoms. The minimum Gasteiger partial charge on any atom is -0.370 e. The maximum atomic E-state index is 11.0. The molecule has 0 radical (unpaired) electrons. The Kier molecular flexibility index (Phi) is 4.76. The Labute approximate surface area is 119 Å². The predicted octanol–water partition coefficient (Wildman–Crippen LogP) is 3.41. The highest BCUT2D eigenvalue weighted by Crippen LogP contribution is 2.28. The molecule has 6 heteroatoms. The van der Waals surface area contributed by atoms with Gasteiger partial charge in [0.15, 0.2) is 0 Å². The van der Waals surface area contributed by atoms with Gasteiger partial charge in [-0.25, -0.2) is 4.98 Å². The normalized spacial score (nSPS) is 22.3. The summed E-state index contributed by atoms with van der Waals surface area (Å²) in [7, 11) is 0. The summed E-state index contributed by atoms with van der Waals surface area (Å²) in [6.45, 7) is 4.85. The van der Waals surface area contributed by atoms with Gasteiger partial charge in [-0.05, 0) is 25.7 Å². The molecule has 110 valence electrons. The van der Waals surface area contributed by atoms with E-state index < -0.39 is 0 Å². The van der Waals surface area contributed by atoms with Crippen molar-refractivity contribution in [2.24, 2.45) is 5.92 Å². The van der Waals surface area contributed by atoms with Gasteiger partial charge in [0.1, 0.15) is 11.6 Å². The maximum absolute atomic E-state index is 11.0. The third-order valence-corrected chi connectivity index (χ3v) is 3.82. The Morgan fingerprint density at radius 3 is 2.70 bits per heavy atom. The molecule has 0 saturated heterocycles. The first kappa shape index (κ1) is 14.6. The molecule has 1 saturated carbocycles. The number of nitrogens with one attached hydrogen (secondary N) is 2. The van der Waals surface area contributed by atoms with E-state index in [-0.39, 0.29) is 10.6 Å². The van der Waals surface area contributed by atoms with Crippen LogP contribution in [0.3, 0.4) is 0 Å². The molecule has 2 unspecified atom stereocenters. The molecule has 1 aromatic rings. The lowest BCUT2D eigenvalue weighted by atomic mass is 9.86. The fourth-order valence-electron chi connectivity index (χ4n) is 2.69. The molecule has 0 amide bonds. The van der Waals surface area contributed by atoms with Crippen molar-refractivity contribution >= 4 is 17.3 Å². The third kappa shape index (κ3) is 3.59. The fourth-order valence-corrected chi connectivity index (χ4v) is 2.69. The molecule has 0 bridgehead atoms. The number of aromatic nitrogens is 1. The lowest BCUT2D eigenvalue weighted by Crippen LogP contribution is -2.30. The number of nitro groups is 1. The molecule has 2 rings (SSSR count). The molecule has 1 aliphatic carbocycles. The van der Waals surface area contributed by atoms with Crippen molar-refractivity contribution < 1.29 is 4.92 Å². The Balaban J connectivity index is 2.18. The molecule has 1 aromatic heterocycles. The zero-order valence-corrected chi connectivity index (χ0v) is 12.1. The van der Waals surface area contributed by atoms with E-state index in [1.807, 2.05) is 6.92 Å². The van der Waals surface area contributed by atoms with E-state index >= 15 is 0 Å². The first-order chi connectivity index (χ1) is 9.60. The van der Waals surface area contributed by atoms with Gasteiger partial charge in [-0.2, -0.15) is 0 Å². The van der Waals surface area contributed by atoms with Crippen LogP contribution in [0.1, 0.15) is 39.5 Å². The molecule has 6 nitrogen and oxygen atoms in total.